The average Bonchev–Trinajstić information content (AvgIpc) is 2.50. The van der Waals surface area contributed by atoms with Gasteiger partial charge in [0.2, 0.25) is 6.20 Å². The third-order valence-electron chi connectivity index (χ3n) is 2.80. The number of rotatable bonds is 8. The highest BCUT2D eigenvalue weighted by Crippen LogP contribution is 2.15. The van der Waals surface area contributed by atoms with Crippen LogP contribution in [0.2, 0.25) is 0 Å². The molecule has 1 aromatic rings. The molecule has 6 heteroatoms. The third kappa shape index (κ3) is 5.90. The van der Waals surface area contributed by atoms with Crippen molar-refractivity contribution in [3.05, 3.63) is 58.8 Å². The van der Waals surface area contributed by atoms with Crippen molar-refractivity contribution >= 4 is 17.7 Å². The van der Waals surface area contributed by atoms with Crippen LogP contribution in [-0.2, 0) is 9.53 Å². The van der Waals surface area contributed by atoms with Crippen molar-refractivity contribution in [2.75, 3.05) is 24.6 Å². The maximum atomic E-state index is 11.0. The molecule has 0 aliphatic heterocycles. The average molecular weight is 290 g/mol. The van der Waals surface area contributed by atoms with Gasteiger partial charge in [-0.1, -0.05) is 18.7 Å². The summed E-state index contributed by atoms with van der Waals surface area (Å²) < 4.78 is 4.95. The predicted octanol–water partition coefficient (Wildman–Crippen LogP) is 2.49. The number of likely N-dealkylation sites (N-methyl/N-ethyl adjacent to an activating group) is 1. The molecule has 1 rings (SSSR count). The molecule has 112 valence electrons. The van der Waals surface area contributed by atoms with Crippen LogP contribution in [0, 0.1) is 10.1 Å². The second-order valence-electron chi connectivity index (χ2n) is 4.14. The molecule has 0 fully saturated rings. The number of benzene rings is 1. The van der Waals surface area contributed by atoms with Gasteiger partial charge in [0, 0.05) is 24.4 Å². The van der Waals surface area contributed by atoms with Crippen LogP contribution in [0.1, 0.15) is 12.5 Å². The highest BCUT2D eigenvalue weighted by molar-refractivity contribution is 5.81. The van der Waals surface area contributed by atoms with Crippen LogP contribution < -0.4 is 4.90 Å². The van der Waals surface area contributed by atoms with E-state index in [2.05, 4.69) is 6.58 Å². The molecule has 0 saturated heterocycles. The molecule has 0 N–H and O–H groups in total. The van der Waals surface area contributed by atoms with Crippen LogP contribution >= 0.6 is 0 Å². The number of ether oxygens (including phenoxy) is 1. The van der Waals surface area contributed by atoms with Gasteiger partial charge in [0.25, 0.3) is 0 Å². The summed E-state index contributed by atoms with van der Waals surface area (Å²) in [5, 5.41) is 10.3. The SMILES string of the molecule is C=CC(=O)OCCN(CC)c1ccc(/C=C/[N+](=O)[O-])cc1. The summed E-state index contributed by atoms with van der Waals surface area (Å²) in [4.78, 5) is 22.8. The molecular formula is C15H18N2O4. The molecule has 6 nitrogen and oxygen atoms in total. The first-order valence-corrected chi connectivity index (χ1v) is 6.52. The summed E-state index contributed by atoms with van der Waals surface area (Å²) in [6.07, 6.45) is 3.47. The summed E-state index contributed by atoms with van der Waals surface area (Å²) in [6.45, 7) is 6.94. The Balaban J connectivity index is 2.62. The second kappa shape index (κ2) is 8.52. The van der Waals surface area contributed by atoms with Crippen LogP contribution in [0.5, 0.6) is 0 Å². The third-order valence-corrected chi connectivity index (χ3v) is 2.80. The Morgan fingerprint density at radius 1 is 1.43 bits per heavy atom. The molecule has 0 spiro atoms. The fraction of sp³-hybridized carbons (Fsp3) is 0.267. The Morgan fingerprint density at radius 3 is 2.62 bits per heavy atom. The van der Waals surface area contributed by atoms with Crippen molar-refractivity contribution in [1.82, 2.24) is 0 Å². The zero-order valence-electron chi connectivity index (χ0n) is 11.9. The monoisotopic (exact) mass is 290 g/mol. The quantitative estimate of drug-likeness (QED) is 0.318. The fourth-order valence-corrected chi connectivity index (χ4v) is 1.73. The lowest BCUT2D eigenvalue weighted by atomic mass is 10.2. The van der Waals surface area contributed by atoms with Crippen molar-refractivity contribution in [1.29, 1.82) is 0 Å². The van der Waals surface area contributed by atoms with E-state index in [1.807, 2.05) is 24.0 Å². The number of nitrogens with zero attached hydrogens (tertiary/aromatic N) is 2. The van der Waals surface area contributed by atoms with E-state index in [1.54, 1.807) is 12.1 Å². The smallest absolute Gasteiger partial charge is 0.330 e. The zero-order chi connectivity index (χ0) is 15.7. The van der Waals surface area contributed by atoms with Gasteiger partial charge in [-0.05, 0) is 24.6 Å². The van der Waals surface area contributed by atoms with Crippen molar-refractivity contribution in [2.45, 2.75) is 6.92 Å². The Labute approximate surface area is 123 Å². The number of hydrogen-bond donors (Lipinski definition) is 0. The van der Waals surface area contributed by atoms with E-state index >= 15 is 0 Å². The van der Waals surface area contributed by atoms with Crippen LogP contribution in [0.25, 0.3) is 6.08 Å². The van der Waals surface area contributed by atoms with Gasteiger partial charge in [0.05, 0.1) is 11.5 Å². The van der Waals surface area contributed by atoms with Crippen LogP contribution in [0.15, 0.2) is 43.1 Å². The predicted molar refractivity (Wildman–Crippen MR) is 81.5 cm³/mol. The molecule has 0 aliphatic rings. The van der Waals surface area contributed by atoms with Crippen molar-refractivity contribution in [3.63, 3.8) is 0 Å². The molecule has 0 bridgehead atoms. The topological polar surface area (TPSA) is 72.7 Å². The van der Waals surface area contributed by atoms with E-state index in [1.165, 1.54) is 6.08 Å². The molecule has 0 amide bonds. The number of anilines is 1. The van der Waals surface area contributed by atoms with E-state index in [0.717, 1.165) is 30.1 Å². The fourth-order valence-electron chi connectivity index (χ4n) is 1.73. The lowest BCUT2D eigenvalue weighted by molar-refractivity contribution is -0.400. The number of carbonyl (C=O) groups is 1. The maximum absolute atomic E-state index is 11.0. The summed E-state index contributed by atoms with van der Waals surface area (Å²) >= 11 is 0. The molecule has 0 heterocycles. The molecule has 0 saturated carbocycles. The van der Waals surface area contributed by atoms with Gasteiger partial charge >= 0.3 is 5.97 Å². The van der Waals surface area contributed by atoms with Gasteiger partial charge < -0.3 is 9.64 Å². The second-order valence-corrected chi connectivity index (χ2v) is 4.14. The molecule has 0 aliphatic carbocycles. The highest BCUT2D eigenvalue weighted by atomic mass is 16.6. The van der Waals surface area contributed by atoms with Crippen molar-refractivity contribution < 1.29 is 14.5 Å². The van der Waals surface area contributed by atoms with Gasteiger partial charge in [-0.3, -0.25) is 10.1 Å². The largest absolute Gasteiger partial charge is 0.461 e. The normalized spacial score (nSPS) is 10.3. The van der Waals surface area contributed by atoms with E-state index < -0.39 is 10.9 Å². The van der Waals surface area contributed by atoms with E-state index in [0.29, 0.717) is 6.54 Å². The minimum absolute atomic E-state index is 0.279. The summed E-state index contributed by atoms with van der Waals surface area (Å²) in [7, 11) is 0. The molecule has 0 unspecified atom stereocenters. The summed E-state index contributed by atoms with van der Waals surface area (Å²) in [6, 6.07) is 7.35. The highest BCUT2D eigenvalue weighted by Gasteiger charge is 2.05. The first-order valence-electron chi connectivity index (χ1n) is 6.52. The lowest BCUT2D eigenvalue weighted by Gasteiger charge is -2.22. The molecule has 0 radical (unpaired) electrons. The molecular weight excluding hydrogens is 272 g/mol. The van der Waals surface area contributed by atoms with Gasteiger partial charge in [0.15, 0.2) is 0 Å². The molecule has 0 aromatic heterocycles. The van der Waals surface area contributed by atoms with Crippen molar-refractivity contribution in [3.8, 4) is 0 Å². The molecule has 0 atom stereocenters. The number of nitro groups is 1. The Kier molecular flexibility index (Phi) is 6.67. The Morgan fingerprint density at radius 2 is 2.10 bits per heavy atom. The zero-order valence-corrected chi connectivity index (χ0v) is 11.9. The van der Waals surface area contributed by atoms with Gasteiger partial charge in [-0.25, -0.2) is 4.79 Å². The van der Waals surface area contributed by atoms with Crippen LogP contribution in [0.3, 0.4) is 0 Å². The summed E-state index contributed by atoms with van der Waals surface area (Å²) in [5.41, 5.74) is 1.72. The van der Waals surface area contributed by atoms with E-state index in [9.17, 15) is 14.9 Å². The first-order chi connectivity index (χ1) is 10.1. The van der Waals surface area contributed by atoms with Gasteiger partial charge in [-0.15, -0.1) is 0 Å². The first kappa shape index (κ1) is 16.4. The lowest BCUT2D eigenvalue weighted by Crippen LogP contribution is -2.27. The summed E-state index contributed by atoms with van der Waals surface area (Å²) in [5.74, 6) is -0.439. The Bertz CT molecular complexity index is 523. The van der Waals surface area contributed by atoms with Crippen LogP contribution in [-0.4, -0.2) is 30.6 Å². The van der Waals surface area contributed by atoms with E-state index in [4.69, 9.17) is 4.74 Å². The van der Waals surface area contributed by atoms with Gasteiger partial charge in [-0.2, -0.15) is 0 Å². The number of esters is 1. The standard InChI is InChI=1S/C15H18N2O4/c1-3-15(18)21-12-11-16(4-2)14-7-5-13(6-8-14)9-10-17(19)20/h3,5-10H,1,4,11-12H2,2H3/b10-9+. The maximum Gasteiger partial charge on any atom is 0.330 e. The number of carbonyl (C=O) groups excluding carboxylic acids is 1. The van der Waals surface area contributed by atoms with E-state index in [-0.39, 0.29) is 6.61 Å². The molecule has 1 aromatic carbocycles. The number of hydrogen-bond acceptors (Lipinski definition) is 5. The minimum Gasteiger partial charge on any atom is -0.461 e. The minimum atomic E-state index is -0.500. The Hall–Kier alpha value is -2.63. The molecule has 21 heavy (non-hydrogen) atoms. The van der Waals surface area contributed by atoms with Crippen LogP contribution in [0.4, 0.5) is 5.69 Å². The van der Waals surface area contributed by atoms with Gasteiger partial charge in [0.1, 0.15) is 6.61 Å². The van der Waals surface area contributed by atoms with Crippen molar-refractivity contribution in [2.24, 2.45) is 0 Å².